The molecule has 1 N–H and O–H groups in total. The van der Waals surface area contributed by atoms with E-state index in [1.165, 1.54) is 7.11 Å². The van der Waals surface area contributed by atoms with E-state index < -0.39 is 34.5 Å². The van der Waals surface area contributed by atoms with Gasteiger partial charge in [0.1, 0.15) is 23.2 Å². The Balaban J connectivity index is 2.63. The van der Waals surface area contributed by atoms with Gasteiger partial charge in [-0.25, -0.2) is 18.0 Å². The Labute approximate surface area is 112 Å². The van der Waals surface area contributed by atoms with Crippen molar-refractivity contribution in [1.82, 2.24) is 0 Å². The molecule has 0 spiro atoms. The van der Waals surface area contributed by atoms with E-state index in [1.807, 2.05) is 0 Å². The third kappa shape index (κ3) is 2.45. The van der Waals surface area contributed by atoms with E-state index in [2.05, 4.69) is 0 Å². The summed E-state index contributed by atoms with van der Waals surface area (Å²) in [7, 11) is 1.26. The molecule has 6 heteroatoms. The van der Waals surface area contributed by atoms with Crippen LogP contribution in [0.25, 0.3) is 11.1 Å². The fourth-order valence-corrected chi connectivity index (χ4v) is 1.79. The molecule has 0 radical (unpaired) electrons. The molecule has 20 heavy (non-hydrogen) atoms. The van der Waals surface area contributed by atoms with Crippen LogP contribution in [0, 0.1) is 17.5 Å². The maximum Gasteiger partial charge on any atom is 0.338 e. The Morgan fingerprint density at radius 3 is 2.15 bits per heavy atom. The van der Waals surface area contributed by atoms with Crippen LogP contribution in [0.4, 0.5) is 13.2 Å². The van der Waals surface area contributed by atoms with Crippen LogP contribution in [0.3, 0.4) is 0 Å². The molecule has 2 aromatic rings. The monoisotopic (exact) mass is 282 g/mol. The smallest absolute Gasteiger partial charge is 0.338 e. The summed E-state index contributed by atoms with van der Waals surface area (Å²) < 4.78 is 45.7. The number of carbonyl (C=O) groups is 1. The largest absolute Gasteiger partial charge is 0.497 e. The maximum atomic E-state index is 13.9. The molecule has 2 rings (SSSR count). The maximum absolute atomic E-state index is 13.9. The average molecular weight is 282 g/mol. The minimum atomic E-state index is -1.52. The summed E-state index contributed by atoms with van der Waals surface area (Å²) >= 11 is 0. The predicted molar refractivity (Wildman–Crippen MR) is 65.3 cm³/mol. The number of carboxylic acid groups (broad SMARTS) is 1. The van der Waals surface area contributed by atoms with Gasteiger partial charge in [0.05, 0.1) is 18.2 Å². The first kappa shape index (κ1) is 13.9. The van der Waals surface area contributed by atoms with Crippen LogP contribution in [-0.4, -0.2) is 18.2 Å². The van der Waals surface area contributed by atoms with Gasteiger partial charge in [-0.3, -0.25) is 0 Å². The third-order valence-electron chi connectivity index (χ3n) is 2.74. The normalized spacial score (nSPS) is 10.4. The molecule has 0 aromatic heterocycles. The molecule has 0 atom stereocenters. The van der Waals surface area contributed by atoms with Crippen molar-refractivity contribution in [3.8, 4) is 16.9 Å². The second-order valence-corrected chi connectivity index (χ2v) is 3.97. The first-order chi connectivity index (χ1) is 9.43. The zero-order valence-corrected chi connectivity index (χ0v) is 10.3. The highest BCUT2D eigenvalue weighted by Gasteiger charge is 2.17. The van der Waals surface area contributed by atoms with Crippen LogP contribution in [0.2, 0.25) is 0 Å². The molecule has 0 aliphatic rings. The van der Waals surface area contributed by atoms with Crippen molar-refractivity contribution < 1.29 is 27.8 Å². The van der Waals surface area contributed by atoms with E-state index >= 15 is 0 Å². The van der Waals surface area contributed by atoms with E-state index in [-0.39, 0.29) is 11.3 Å². The number of hydrogen-bond donors (Lipinski definition) is 1. The Hall–Kier alpha value is -2.50. The number of halogens is 3. The second-order valence-electron chi connectivity index (χ2n) is 3.97. The van der Waals surface area contributed by atoms with E-state index in [0.29, 0.717) is 0 Å². The number of carboxylic acids is 1. The van der Waals surface area contributed by atoms with E-state index in [4.69, 9.17) is 9.84 Å². The van der Waals surface area contributed by atoms with Gasteiger partial charge in [-0.1, -0.05) is 6.07 Å². The highest BCUT2D eigenvalue weighted by molar-refractivity contribution is 5.89. The van der Waals surface area contributed by atoms with E-state index in [1.54, 1.807) is 0 Å². The fraction of sp³-hybridized carbons (Fsp3) is 0.0714. The number of methoxy groups -OCH3 is 1. The van der Waals surface area contributed by atoms with Crippen LogP contribution >= 0.6 is 0 Å². The number of ether oxygens (including phenoxy) is 1. The molecule has 3 nitrogen and oxygen atoms in total. The van der Waals surface area contributed by atoms with Gasteiger partial charge in [0.2, 0.25) is 0 Å². The van der Waals surface area contributed by atoms with Crippen molar-refractivity contribution >= 4 is 5.97 Å². The lowest BCUT2D eigenvalue weighted by Gasteiger charge is -2.09. The SMILES string of the molecule is COc1cc(F)c(-c2ccc(F)c(C(=O)O)c2)c(F)c1. The molecule has 0 saturated heterocycles. The van der Waals surface area contributed by atoms with Crippen LogP contribution in [-0.2, 0) is 0 Å². The Morgan fingerprint density at radius 1 is 1.05 bits per heavy atom. The van der Waals surface area contributed by atoms with Crippen LogP contribution in [0.5, 0.6) is 5.75 Å². The van der Waals surface area contributed by atoms with Crippen LogP contribution < -0.4 is 4.74 Å². The van der Waals surface area contributed by atoms with Crippen molar-refractivity contribution in [2.75, 3.05) is 7.11 Å². The molecular weight excluding hydrogens is 273 g/mol. The summed E-state index contributed by atoms with van der Waals surface area (Å²) in [6.07, 6.45) is 0. The summed E-state index contributed by atoms with van der Waals surface area (Å²) in [4.78, 5) is 10.8. The minimum Gasteiger partial charge on any atom is -0.497 e. The summed E-state index contributed by atoms with van der Waals surface area (Å²) in [5.74, 6) is -4.35. The van der Waals surface area contributed by atoms with Gasteiger partial charge in [-0.05, 0) is 17.7 Å². The molecule has 104 valence electrons. The number of rotatable bonds is 3. The van der Waals surface area contributed by atoms with Crippen LogP contribution in [0.1, 0.15) is 10.4 Å². The van der Waals surface area contributed by atoms with Crippen molar-refractivity contribution in [2.24, 2.45) is 0 Å². The summed E-state index contributed by atoms with van der Waals surface area (Å²) in [6.45, 7) is 0. The molecule has 0 unspecified atom stereocenters. The molecule has 2 aromatic carbocycles. The van der Waals surface area contributed by atoms with E-state index in [9.17, 15) is 18.0 Å². The molecule has 0 amide bonds. The molecule has 0 bridgehead atoms. The summed E-state index contributed by atoms with van der Waals surface area (Å²) in [6, 6.07) is 4.76. The quantitative estimate of drug-likeness (QED) is 0.937. The molecule has 0 aliphatic heterocycles. The molecular formula is C14H9F3O3. The minimum absolute atomic E-state index is 0.00989. The Bertz CT molecular complexity index is 660. The first-order valence-electron chi connectivity index (χ1n) is 5.50. The van der Waals surface area contributed by atoms with Crippen molar-refractivity contribution in [3.05, 3.63) is 53.3 Å². The van der Waals surface area contributed by atoms with Gasteiger partial charge >= 0.3 is 5.97 Å². The van der Waals surface area contributed by atoms with Crippen LogP contribution in [0.15, 0.2) is 30.3 Å². The highest BCUT2D eigenvalue weighted by Crippen LogP contribution is 2.30. The average Bonchev–Trinajstić information content (AvgIpc) is 2.39. The van der Waals surface area contributed by atoms with Crippen molar-refractivity contribution in [3.63, 3.8) is 0 Å². The first-order valence-corrected chi connectivity index (χ1v) is 5.50. The topological polar surface area (TPSA) is 46.5 Å². The standard InChI is InChI=1S/C14H9F3O3/c1-20-8-5-11(16)13(12(17)6-8)7-2-3-10(15)9(4-7)14(18)19/h2-6H,1H3,(H,18,19). The fourth-order valence-electron chi connectivity index (χ4n) is 1.79. The number of benzene rings is 2. The van der Waals surface area contributed by atoms with Gasteiger partial charge in [0.15, 0.2) is 0 Å². The lowest BCUT2D eigenvalue weighted by Crippen LogP contribution is -2.01. The zero-order chi connectivity index (χ0) is 14.9. The Morgan fingerprint density at radius 2 is 1.65 bits per heavy atom. The van der Waals surface area contributed by atoms with Gasteiger partial charge in [-0.2, -0.15) is 0 Å². The second kappa shape index (κ2) is 5.24. The predicted octanol–water partition coefficient (Wildman–Crippen LogP) is 3.48. The lowest BCUT2D eigenvalue weighted by molar-refractivity contribution is 0.0692. The number of aromatic carboxylic acids is 1. The molecule has 0 saturated carbocycles. The van der Waals surface area contributed by atoms with Crippen molar-refractivity contribution in [2.45, 2.75) is 0 Å². The lowest BCUT2D eigenvalue weighted by atomic mass is 10.0. The Kier molecular flexibility index (Phi) is 3.65. The summed E-state index contributed by atoms with van der Waals surface area (Å²) in [5, 5.41) is 8.81. The molecule has 0 aliphatic carbocycles. The van der Waals surface area contributed by atoms with Gasteiger partial charge in [0, 0.05) is 12.1 Å². The van der Waals surface area contributed by atoms with Gasteiger partial charge in [0.25, 0.3) is 0 Å². The highest BCUT2D eigenvalue weighted by atomic mass is 19.1. The zero-order valence-electron chi connectivity index (χ0n) is 10.3. The van der Waals surface area contributed by atoms with Crippen molar-refractivity contribution in [1.29, 1.82) is 0 Å². The van der Waals surface area contributed by atoms with Gasteiger partial charge in [-0.15, -0.1) is 0 Å². The third-order valence-corrected chi connectivity index (χ3v) is 2.74. The number of hydrogen-bond acceptors (Lipinski definition) is 2. The molecule has 0 fully saturated rings. The molecule has 0 heterocycles. The van der Waals surface area contributed by atoms with Gasteiger partial charge < -0.3 is 9.84 Å². The summed E-state index contributed by atoms with van der Waals surface area (Å²) in [5.41, 5.74) is -1.16. The van der Waals surface area contributed by atoms with E-state index in [0.717, 1.165) is 30.3 Å².